The number of nitrogens with zero attached hydrogens (tertiary/aromatic N) is 1. The Bertz CT molecular complexity index is 1950. The number of hydrogen-bond donors (Lipinski definition) is 1. The molecule has 0 aliphatic carbocycles. The average Bonchev–Trinajstić information content (AvgIpc) is 3.44. The number of furan rings is 1. The lowest BCUT2D eigenvalue weighted by Crippen LogP contribution is -2.18. The summed E-state index contributed by atoms with van der Waals surface area (Å²) in [5.41, 5.74) is 6.15. The topological polar surface area (TPSA) is 73.5 Å². The van der Waals surface area contributed by atoms with Crippen molar-refractivity contribution in [3.8, 4) is 5.75 Å². The molecule has 2 heterocycles. The number of fused-ring (bicyclic) bond motifs is 2. The van der Waals surface area contributed by atoms with Crippen LogP contribution in [0.3, 0.4) is 0 Å². The van der Waals surface area contributed by atoms with E-state index in [1.54, 1.807) is 31.4 Å². The van der Waals surface area contributed by atoms with Gasteiger partial charge in [-0.2, -0.15) is 0 Å². The standard InChI is InChI=1S/C33H30N2O4S/c1-21-14-17-26(18-15-21)40(36,37)34-31-27-12-8-9-13-30(27)39-33(31)32(24-10-6-5-7-11-24)35-23(3)22(2)28-20-25(38-4)16-19-29(28)35/h5-20,32,34H,1-4H3. The maximum Gasteiger partial charge on any atom is 0.262 e. The molecule has 2 aromatic heterocycles. The van der Waals surface area contributed by atoms with Crippen LogP contribution in [-0.4, -0.2) is 20.1 Å². The first-order valence-corrected chi connectivity index (χ1v) is 14.6. The summed E-state index contributed by atoms with van der Waals surface area (Å²) >= 11 is 0. The van der Waals surface area contributed by atoms with E-state index in [1.165, 1.54) is 0 Å². The molecule has 0 fully saturated rings. The van der Waals surface area contributed by atoms with E-state index in [9.17, 15) is 8.42 Å². The summed E-state index contributed by atoms with van der Waals surface area (Å²) < 4.78 is 44.6. The molecule has 0 aliphatic heterocycles. The molecule has 0 saturated heterocycles. The molecule has 6 nitrogen and oxygen atoms in total. The van der Waals surface area contributed by atoms with Gasteiger partial charge >= 0.3 is 0 Å². The van der Waals surface area contributed by atoms with Crippen LogP contribution in [0.5, 0.6) is 5.75 Å². The number of methoxy groups -OCH3 is 1. The SMILES string of the molecule is COc1ccc2c(c1)c(C)c(C)n2C(c1ccccc1)c1oc2ccccc2c1NS(=O)(=O)c1ccc(C)cc1. The Balaban J connectivity index is 1.63. The van der Waals surface area contributed by atoms with Crippen molar-refractivity contribution in [1.29, 1.82) is 0 Å². The number of anilines is 1. The second-order valence-electron chi connectivity index (χ2n) is 10.0. The summed E-state index contributed by atoms with van der Waals surface area (Å²) in [6.45, 7) is 6.10. The Morgan fingerprint density at radius 3 is 2.25 bits per heavy atom. The number of para-hydroxylation sites is 1. The van der Waals surface area contributed by atoms with Gasteiger partial charge in [0.05, 0.1) is 12.0 Å². The number of nitrogens with one attached hydrogen (secondary N) is 1. The van der Waals surface area contributed by atoms with Gasteiger partial charge in [0.2, 0.25) is 0 Å². The van der Waals surface area contributed by atoms with E-state index in [0.717, 1.165) is 39.0 Å². The minimum absolute atomic E-state index is 0.191. The van der Waals surface area contributed by atoms with Crippen molar-refractivity contribution in [3.05, 3.63) is 125 Å². The molecule has 7 heteroatoms. The van der Waals surface area contributed by atoms with Gasteiger partial charge in [0.1, 0.15) is 23.1 Å². The third kappa shape index (κ3) is 4.32. The lowest BCUT2D eigenvalue weighted by molar-refractivity contribution is 0.415. The van der Waals surface area contributed by atoms with Gasteiger partial charge in [0.25, 0.3) is 10.0 Å². The zero-order valence-electron chi connectivity index (χ0n) is 22.8. The number of hydrogen-bond acceptors (Lipinski definition) is 4. The molecule has 0 radical (unpaired) electrons. The fourth-order valence-corrected chi connectivity index (χ4v) is 6.46. The van der Waals surface area contributed by atoms with E-state index in [-0.39, 0.29) is 4.90 Å². The molecule has 0 spiro atoms. The first-order valence-electron chi connectivity index (χ1n) is 13.1. The van der Waals surface area contributed by atoms with Gasteiger partial charge in [0.15, 0.2) is 5.76 Å². The molecule has 6 rings (SSSR count). The highest BCUT2D eigenvalue weighted by atomic mass is 32.2. The van der Waals surface area contributed by atoms with Crippen molar-refractivity contribution >= 4 is 37.6 Å². The summed E-state index contributed by atoms with van der Waals surface area (Å²) in [5.74, 6) is 1.29. The third-order valence-electron chi connectivity index (χ3n) is 7.58. The number of sulfonamides is 1. The number of aryl methyl sites for hydroxylation is 2. The molecule has 6 aromatic rings. The van der Waals surface area contributed by atoms with Crippen LogP contribution in [-0.2, 0) is 10.0 Å². The minimum atomic E-state index is -3.90. The van der Waals surface area contributed by atoms with E-state index < -0.39 is 16.1 Å². The smallest absolute Gasteiger partial charge is 0.262 e. The van der Waals surface area contributed by atoms with Gasteiger partial charge in [-0.1, -0.05) is 60.2 Å². The Hall–Kier alpha value is -4.49. The van der Waals surface area contributed by atoms with Gasteiger partial charge in [-0.15, -0.1) is 0 Å². The molecule has 0 saturated carbocycles. The fraction of sp³-hybridized carbons (Fsp3) is 0.152. The summed E-state index contributed by atoms with van der Waals surface area (Å²) in [7, 11) is -2.24. The number of benzene rings is 4. The molecular formula is C33H30N2O4S. The maximum absolute atomic E-state index is 13.7. The largest absolute Gasteiger partial charge is 0.497 e. The predicted octanol–water partition coefficient (Wildman–Crippen LogP) is 7.76. The molecule has 1 atom stereocenters. The molecule has 0 bridgehead atoms. The molecule has 1 unspecified atom stereocenters. The molecule has 40 heavy (non-hydrogen) atoms. The summed E-state index contributed by atoms with van der Waals surface area (Å²) in [4.78, 5) is 0.191. The van der Waals surface area contributed by atoms with Crippen molar-refractivity contribution in [2.45, 2.75) is 31.7 Å². The van der Waals surface area contributed by atoms with Crippen LogP contribution in [0.15, 0.2) is 106 Å². The van der Waals surface area contributed by atoms with Gasteiger partial charge < -0.3 is 13.7 Å². The molecular weight excluding hydrogens is 520 g/mol. The average molecular weight is 551 g/mol. The van der Waals surface area contributed by atoms with Crippen LogP contribution in [0.25, 0.3) is 21.9 Å². The second kappa shape index (κ2) is 9.92. The highest BCUT2D eigenvalue weighted by molar-refractivity contribution is 7.92. The minimum Gasteiger partial charge on any atom is -0.497 e. The van der Waals surface area contributed by atoms with Crippen molar-refractivity contribution < 1.29 is 17.6 Å². The van der Waals surface area contributed by atoms with E-state index >= 15 is 0 Å². The lowest BCUT2D eigenvalue weighted by Gasteiger charge is -2.23. The molecule has 0 aliphatic rings. The van der Waals surface area contributed by atoms with Crippen LogP contribution in [0.2, 0.25) is 0 Å². The van der Waals surface area contributed by atoms with Crippen molar-refractivity contribution in [2.75, 3.05) is 11.8 Å². The van der Waals surface area contributed by atoms with Gasteiger partial charge in [-0.25, -0.2) is 8.42 Å². The van der Waals surface area contributed by atoms with Gasteiger partial charge in [-0.05, 0) is 74.4 Å². The Morgan fingerprint density at radius 1 is 0.825 bits per heavy atom. The lowest BCUT2D eigenvalue weighted by atomic mass is 10.0. The zero-order chi connectivity index (χ0) is 28.0. The van der Waals surface area contributed by atoms with Crippen LogP contribution < -0.4 is 9.46 Å². The molecule has 4 aromatic carbocycles. The highest BCUT2D eigenvalue weighted by Crippen LogP contribution is 2.43. The molecule has 202 valence electrons. The van der Waals surface area contributed by atoms with Crippen molar-refractivity contribution in [2.24, 2.45) is 0 Å². The van der Waals surface area contributed by atoms with Crippen LogP contribution in [0.4, 0.5) is 5.69 Å². The first-order chi connectivity index (χ1) is 19.3. The maximum atomic E-state index is 13.7. The van der Waals surface area contributed by atoms with Crippen molar-refractivity contribution in [1.82, 2.24) is 4.57 Å². The highest BCUT2D eigenvalue weighted by Gasteiger charge is 2.31. The molecule has 0 amide bonds. The van der Waals surface area contributed by atoms with Gasteiger partial charge in [-0.3, -0.25) is 4.72 Å². The quantitative estimate of drug-likeness (QED) is 0.220. The summed E-state index contributed by atoms with van der Waals surface area (Å²) in [6, 6.07) is 29.9. The first kappa shape index (κ1) is 25.8. The Labute approximate surface area is 233 Å². The van der Waals surface area contributed by atoms with Gasteiger partial charge in [0, 0.05) is 22.0 Å². The fourth-order valence-electron chi connectivity index (χ4n) is 5.37. The third-order valence-corrected chi connectivity index (χ3v) is 8.95. The normalized spacial score (nSPS) is 12.6. The predicted molar refractivity (Wildman–Crippen MR) is 160 cm³/mol. The van der Waals surface area contributed by atoms with Crippen LogP contribution >= 0.6 is 0 Å². The number of ether oxygens (including phenoxy) is 1. The van der Waals surface area contributed by atoms with E-state index in [4.69, 9.17) is 9.15 Å². The Kier molecular flexibility index (Phi) is 6.39. The summed E-state index contributed by atoms with van der Waals surface area (Å²) in [5, 5.41) is 1.76. The summed E-state index contributed by atoms with van der Waals surface area (Å²) in [6.07, 6.45) is 0. The van der Waals surface area contributed by atoms with E-state index in [0.29, 0.717) is 22.4 Å². The molecule has 1 N–H and O–H groups in total. The number of rotatable bonds is 7. The van der Waals surface area contributed by atoms with E-state index in [1.807, 2.05) is 79.7 Å². The van der Waals surface area contributed by atoms with Crippen LogP contribution in [0, 0.1) is 20.8 Å². The monoisotopic (exact) mass is 550 g/mol. The second-order valence-corrected chi connectivity index (χ2v) is 11.7. The number of aromatic nitrogens is 1. The zero-order valence-corrected chi connectivity index (χ0v) is 23.6. The van der Waals surface area contributed by atoms with Crippen LogP contribution in [0.1, 0.15) is 34.2 Å². The van der Waals surface area contributed by atoms with Crippen molar-refractivity contribution in [3.63, 3.8) is 0 Å². The van der Waals surface area contributed by atoms with E-state index in [2.05, 4.69) is 23.1 Å². The Morgan fingerprint density at radius 2 is 1.52 bits per heavy atom.